The summed E-state index contributed by atoms with van der Waals surface area (Å²) >= 11 is 0. The van der Waals surface area contributed by atoms with Crippen molar-refractivity contribution in [2.75, 3.05) is 19.7 Å². The van der Waals surface area contributed by atoms with Gasteiger partial charge in [0.05, 0.1) is 24.5 Å². The molecule has 8 heteroatoms. The minimum atomic E-state index is -0.170. The lowest BCUT2D eigenvalue weighted by Crippen LogP contribution is -2.39. The van der Waals surface area contributed by atoms with Gasteiger partial charge in [0.1, 0.15) is 6.10 Å². The van der Waals surface area contributed by atoms with Crippen LogP contribution < -0.4 is 5.32 Å². The van der Waals surface area contributed by atoms with Crippen LogP contribution in [-0.4, -0.2) is 50.3 Å². The Bertz CT molecular complexity index is 745. The van der Waals surface area contributed by atoms with Crippen LogP contribution in [0.5, 0.6) is 0 Å². The predicted octanol–water partition coefficient (Wildman–Crippen LogP) is 1.46. The molecule has 1 aliphatic heterocycles. The Morgan fingerprint density at radius 3 is 3.00 bits per heavy atom. The summed E-state index contributed by atoms with van der Waals surface area (Å²) in [5.41, 5.74) is 1.98. The van der Waals surface area contributed by atoms with Crippen LogP contribution in [0.25, 0.3) is 0 Å². The average Bonchev–Trinajstić information content (AvgIpc) is 3.09. The summed E-state index contributed by atoms with van der Waals surface area (Å²) in [6.07, 6.45) is 3.40. The van der Waals surface area contributed by atoms with E-state index >= 15 is 0 Å². The van der Waals surface area contributed by atoms with Crippen LogP contribution >= 0.6 is 0 Å². The largest absolute Gasteiger partial charge is 0.368 e. The lowest BCUT2D eigenvalue weighted by atomic mass is 10.2. The highest BCUT2D eigenvalue weighted by molar-refractivity contribution is 5.72. The van der Waals surface area contributed by atoms with Crippen LogP contribution in [0.4, 0.5) is 0 Å². The minimum absolute atomic E-state index is 0.0768. The topological polar surface area (TPSA) is 85.2 Å². The fourth-order valence-electron chi connectivity index (χ4n) is 3.04. The van der Waals surface area contributed by atoms with Crippen LogP contribution in [0.15, 0.2) is 24.5 Å². The van der Waals surface area contributed by atoms with E-state index in [1.165, 1.54) is 12.6 Å². The lowest BCUT2D eigenvalue weighted by molar-refractivity contribution is -0.119. The number of carbonyl (C=O) groups excluding carboxylic acids is 1. The summed E-state index contributed by atoms with van der Waals surface area (Å²) in [7, 11) is 0. The monoisotopic (exact) mass is 358 g/mol. The second-order valence-corrected chi connectivity index (χ2v) is 6.77. The molecule has 1 N–H and O–H groups in total. The molecule has 1 saturated heterocycles. The molecule has 0 aliphatic carbocycles. The van der Waals surface area contributed by atoms with Gasteiger partial charge in [-0.2, -0.15) is 5.10 Å². The van der Waals surface area contributed by atoms with Gasteiger partial charge in [-0.15, -0.1) is 0 Å². The smallest absolute Gasteiger partial charge is 0.217 e. The third-order valence-electron chi connectivity index (χ3n) is 4.32. The van der Waals surface area contributed by atoms with Crippen molar-refractivity contribution in [3.05, 3.63) is 41.7 Å². The molecule has 140 valence electrons. The van der Waals surface area contributed by atoms with Gasteiger partial charge in [-0.1, -0.05) is 0 Å². The number of hydrogen-bond acceptors (Lipinski definition) is 6. The first-order valence-corrected chi connectivity index (χ1v) is 8.95. The first-order chi connectivity index (χ1) is 12.5. The van der Waals surface area contributed by atoms with Gasteiger partial charge >= 0.3 is 0 Å². The van der Waals surface area contributed by atoms with Gasteiger partial charge in [0.2, 0.25) is 5.91 Å². The highest BCUT2D eigenvalue weighted by Gasteiger charge is 2.25. The molecule has 0 bridgehead atoms. The summed E-state index contributed by atoms with van der Waals surface area (Å²) in [5.74, 6) is 0.585. The van der Waals surface area contributed by atoms with E-state index in [9.17, 15) is 4.79 Å². The normalized spacial score (nSPS) is 18.2. The molecule has 2 aromatic heterocycles. The minimum Gasteiger partial charge on any atom is -0.368 e. The van der Waals surface area contributed by atoms with Gasteiger partial charge in [0, 0.05) is 45.0 Å². The molecule has 0 radical (unpaired) electrons. The number of nitrogens with one attached hydrogen (secondary N) is 1. The fraction of sp³-hybridized carbons (Fsp3) is 0.556. The van der Waals surface area contributed by atoms with Gasteiger partial charge < -0.3 is 10.1 Å². The van der Waals surface area contributed by atoms with E-state index in [1.807, 2.05) is 6.20 Å². The maximum absolute atomic E-state index is 11.1. The maximum Gasteiger partial charge on any atom is 0.217 e. The summed E-state index contributed by atoms with van der Waals surface area (Å²) in [6, 6.07) is 4.21. The zero-order valence-corrected chi connectivity index (χ0v) is 15.6. The number of hydrogen-bond donors (Lipinski definition) is 1. The molecule has 2 aromatic rings. The third-order valence-corrected chi connectivity index (χ3v) is 4.32. The molecule has 1 amide bonds. The van der Waals surface area contributed by atoms with Crippen LogP contribution in [0.2, 0.25) is 0 Å². The first-order valence-electron chi connectivity index (χ1n) is 8.95. The number of amides is 1. The number of rotatable bonds is 6. The summed E-state index contributed by atoms with van der Waals surface area (Å²) < 4.78 is 7.95. The van der Waals surface area contributed by atoms with Gasteiger partial charge in [-0.25, -0.2) is 9.97 Å². The van der Waals surface area contributed by atoms with Crippen LogP contribution in [0.1, 0.15) is 50.1 Å². The zero-order valence-electron chi connectivity index (χ0n) is 15.6. The van der Waals surface area contributed by atoms with Crippen LogP contribution in [-0.2, 0) is 22.6 Å². The molecule has 1 atom stereocenters. The van der Waals surface area contributed by atoms with Crippen molar-refractivity contribution >= 4 is 5.91 Å². The molecule has 0 aromatic carbocycles. The van der Waals surface area contributed by atoms with Crippen molar-refractivity contribution in [1.82, 2.24) is 30.0 Å². The summed E-state index contributed by atoms with van der Waals surface area (Å²) in [6.45, 7) is 9.21. The van der Waals surface area contributed by atoms with E-state index < -0.39 is 0 Å². The number of aromatic nitrogens is 4. The molecule has 26 heavy (non-hydrogen) atoms. The van der Waals surface area contributed by atoms with Crippen LogP contribution in [0, 0.1) is 0 Å². The first kappa shape index (κ1) is 18.5. The Balaban J connectivity index is 1.65. The van der Waals surface area contributed by atoms with Gasteiger partial charge in [0.15, 0.2) is 5.82 Å². The number of carbonyl (C=O) groups is 1. The van der Waals surface area contributed by atoms with Crippen molar-refractivity contribution in [3.8, 4) is 0 Å². The van der Waals surface area contributed by atoms with E-state index in [-0.39, 0.29) is 12.0 Å². The number of nitrogens with zero attached hydrogens (tertiary/aromatic N) is 5. The van der Waals surface area contributed by atoms with Crippen molar-refractivity contribution in [2.24, 2.45) is 0 Å². The van der Waals surface area contributed by atoms with Crippen molar-refractivity contribution < 1.29 is 9.53 Å². The average molecular weight is 358 g/mol. The van der Waals surface area contributed by atoms with Gasteiger partial charge in [-0.05, 0) is 26.0 Å². The second kappa shape index (κ2) is 8.37. The molecule has 1 fully saturated rings. The molecule has 0 spiro atoms. The highest BCUT2D eigenvalue weighted by atomic mass is 16.5. The van der Waals surface area contributed by atoms with E-state index in [0.717, 1.165) is 25.3 Å². The highest BCUT2D eigenvalue weighted by Crippen LogP contribution is 2.21. The molecule has 3 rings (SSSR count). The number of ether oxygens (including phenoxy) is 1. The molecule has 3 heterocycles. The maximum atomic E-state index is 11.1. The fourth-order valence-corrected chi connectivity index (χ4v) is 3.04. The second-order valence-electron chi connectivity index (χ2n) is 6.77. The molecule has 0 unspecified atom stereocenters. The van der Waals surface area contributed by atoms with Gasteiger partial charge in [-0.3, -0.25) is 14.4 Å². The van der Waals surface area contributed by atoms with E-state index in [2.05, 4.69) is 49.9 Å². The molecule has 0 saturated carbocycles. The Labute approximate surface area is 153 Å². The predicted molar refractivity (Wildman–Crippen MR) is 96.1 cm³/mol. The van der Waals surface area contributed by atoms with E-state index in [0.29, 0.717) is 25.0 Å². The van der Waals surface area contributed by atoms with Crippen molar-refractivity contribution in [2.45, 2.75) is 46.0 Å². The summed E-state index contributed by atoms with van der Waals surface area (Å²) in [5, 5.41) is 7.16. The Hall–Kier alpha value is -2.32. The van der Waals surface area contributed by atoms with Crippen molar-refractivity contribution in [1.29, 1.82) is 0 Å². The Morgan fingerprint density at radius 1 is 1.38 bits per heavy atom. The van der Waals surface area contributed by atoms with E-state index in [1.54, 1.807) is 12.3 Å². The number of morpholine rings is 1. The third kappa shape index (κ3) is 4.64. The molecule has 1 aliphatic rings. The molecular weight excluding hydrogens is 332 g/mol. The molecule has 8 nitrogen and oxygen atoms in total. The Kier molecular flexibility index (Phi) is 5.95. The quantitative estimate of drug-likeness (QED) is 0.842. The lowest BCUT2D eigenvalue weighted by Gasteiger charge is -2.32. The van der Waals surface area contributed by atoms with Crippen molar-refractivity contribution in [3.63, 3.8) is 0 Å². The summed E-state index contributed by atoms with van der Waals surface area (Å²) in [4.78, 5) is 22.3. The van der Waals surface area contributed by atoms with E-state index in [4.69, 9.17) is 4.74 Å². The SMILES string of the molecule is CC(=O)NCc1ccnc([C@@H]2CN(Cc3ccnn3C(C)C)CCO2)n1. The zero-order chi connectivity index (χ0) is 18.5. The van der Waals surface area contributed by atoms with Crippen LogP contribution in [0.3, 0.4) is 0 Å². The standard InChI is InChI=1S/C18H26N6O2/c1-13(2)24-16(5-7-21-24)11-23-8-9-26-17(12-23)18-19-6-4-15(22-18)10-20-14(3)25/h4-7,13,17H,8-12H2,1-3H3,(H,20,25)/t17-/m0/s1. The molecular formula is C18H26N6O2. The Morgan fingerprint density at radius 2 is 2.23 bits per heavy atom. The van der Waals surface area contributed by atoms with Gasteiger partial charge in [0.25, 0.3) is 0 Å².